The van der Waals surface area contributed by atoms with Gasteiger partial charge in [0.2, 0.25) is 17.5 Å². The number of benzene rings is 2. The lowest BCUT2D eigenvalue weighted by atomic mass is 9.99. The van der Waals surface area contributed by atoms with Crippen LogP contribution < -0.4 is 14.9 Å². The number of aliphatic hydroxyl groups excluding tert-OH is 4. The Balaban J connectivity index is 1.85. The molecule has 0 unspecified atom stereocenters. The monoisotopic (exact) mass is 490 g/mol. The maximum absolute atomic E-state index is 13.4. The van der Waals surface area contributed by atoms with Crippen LogP contribution in [0.4, 0.5) is 0 Å². The van der Waals surface area contributed by atoms with Crippen LogP contribution in [-0.4, -0.2) is 73.9 Å². The van der Waals surface area contributed by atoms with Crippen molar-refractivity contribution in [3.05, 3.63) is 46.6 Å². The highest BCUT2D eigenvalue weighted by Gasteiger charge is 2.45. The Morgan fingerprint density at radius 1 is 1.03 bits per heavy atom. The molecule has 186 valence electrons. The van der Waals surface area contributed by atoms with Crippen molar-refractivity contribution >= 4 is 16.9 Å². The van der Waals surface area contributed by atoms with Crippen molar-refractivity contribution in [1.82, 2.24) is 0 Å². The molecule has 0 spiro atoms. The van der Waals surface area contributed by atoms with Crippen molar-refractivity contribution in [3.8, 4) is 34.3 Å². The molecule has 5 atom stereocenters. The summed E-state index contributed by atoms with van der Waals surface area (Å²) in [5, 5.41) is 59.6. The normalized spacial score (nSPS) is 24.3. The maximum Gasteiger partial charge on any atom is 0.308 e. The zero-order chi connectivity index (χ0) is 25.4. The summed E-state index contributed by atoms with van der Waals surface area (Å²) in [6.45, 7) is 0.503. The number of ether oxygens (including phenoxy) is 3. The topological polar surface area (TPSA) is 196 Å². The van der Waals surface area contributed by atoms with E-state index < -0.39 is 60.2 Å². The van der Waals surface area contributed by atoms with Gasteiger partial charge in [0.1, 0.15) is 52.6 Å². The van der Waals surface area contributed by atoms with Crippen LogP contribution in [0.25, 0.3) is 22.3 Å². The van der Waals surface area contributed by atoms with E-state index in [0.29, 0.717) is 0 Å². The second-order valence-corrected chi connectivity index (χ2v) is 7.86. The van der Waals surface area contributed by atoms with Crippen LogP contribution in [0.1, 0.15) is 6.92 Å². The fraction of sp³-hybridized carbons (Fsp3) is 0.304. The number of carbonyl (C=O) groups excluding carboxylic acids is 1. The van der Waals surface area contributed by atoms with Gasteiger partial charge in [0.05, 0.1) is 6.61 Å². The number of phenols is 2. The van der Waals surface area contributed by atoms with Gasteiger partial charge in [-0.1, -0.05) is 0 Å². The summed E-state index contributed by atoms with van der Waals surface area (Å²) >= 11 is 0. The summed E-state index contributed by atoms with van der Waals surface area (Å²) < 4.78 is 21.7. The van der Waals surface area contributed by atoms with Crippen LogP contribution in [0.15, 0.2) is 45.6 Å². The number of carbonyl (C=O) groups is 1. The second kappa shape index (κ2) is 9.52. The number of hydrogen-bond acceptors (Lipinski definition) is 12. The molecule has 1 aromatic heterocycles. The van der Waals surface area contributed by atoms with Crippen LogP contribution in [0.3, 0.4) is 0 Å². The minimum atomic E-state index is -1.82. The van der Waals surface area contributed by atoms with Crippen LogP contribution in [0, 0.1) is 0 Å². The third-order valence-corrected chi connectivity index (χ3v) is 5.38. The number of aliphatic hydroxyl groups is 4. The number of rotatable bonds is 5. The van der Waals surface area contributed by atoms with E-state index in [1.165, 1.54) is 31.2 Å². The van der Waals surface area contributed by atoms with Crippen molar-refractivity contribution in [2.45, 2.75) is 37.6 Å². The Bertz CT molecular complexity index is 1300. The molecule has 4 rings (SSSR count). The Kier molecular flexibility index (Phi) is 6.65. The molecule has 0 bridgehead atoms. The van der Waals surface area contributed by atoms with Gasteiger partial charge in [-0.2, -0.15) is 0 Å². The Morgan fingerprint density at radius 3 is 2.34 bits per heavy atom. The number of esters is 1. The number of aromatic hydroxyl groups is 2. The van der Waals surface area contributed by atoms with Crippen LogP contribution in [0.5, 0.6) is 23.0 Å². The van der Waals surface area contributed by atoms with Crippen LogP contribution in [-0.2, 0) is 9.53 Å². The molecule has 1 aliphatic heterocycles. The SMILES string of the molecule is CC(=O)Oc1ccc(-c2oc3cc(O)cc(O)c3c(=O)c2O[C@H]2O[C@H](CO)[C@@H](O)[C@@H](O)[C@H]2O)cc1. The van der Waals surface area contributed by atoms with E-state index in [-0.39, 0.29) is 33.8 Å². The van der Waals surface area contributed by atoms with E-state index in [2.05, 4.69) is 0 Å². The molecule has 12 heteroatoms. The highest BCUT2D eigenvalue weighted by atomic mass is 16.7. The summed E-state index contributed by atoms with van der Waals surface area (Å²) in [5.41, 5.74) is -0.852. The minimum Gasteiger partial charge on any atom is -0.508 e. The first kappa shape index (κ1) is 24.4. The van der Waals surface area contributed by atoms with Crippen molar-refractivity contribution in [3.63, 3.8) is 0 Å². The fourth-order valence-corrected chi connectivity index (χ4v) is 3.69. The molecule has 0 aliphatic carbocycles. The van der Waals surface area contributed by atoms with Gasteiger partial charge < -0.3 is 49.3 Å². The molecule has 6 N–H and O–H groups in total. The van der Waals surface area contributed by atoms with Gasteiger partial charge in [0.25, 0.3) is 0 Å². The van der Waals surface area contributed by atoms with E-state index in [9.17, 15) is 40.2 Å². The van der Waals surface area contributed by atoms with E-state index >= 15 is 0 Å². The van der Waals surface area contributed by atoms with Gasteiger partial charge in [0.15, 0.2) is 5.76 Å². The first-order valence-electron chi connectivity index (χ1n) is 10.4. The van der Waals surface area contributed by atoms with Crippen LogP contribution in [0.2, 0.25) is 0 Å². The molecular formula is C23H22O12. The molecule has 1 fully saturated rings. The molecule has 2 aromatic carbocycles. The van der Waals surface area contributed by atoms with E-state index in [0.717, 1.165) is 12.1 Å². The Labute approximate surface area is 196 Å². The zero-order valence-electron chi connectivity index (χ0n) is 18.2. The van der Waals surface area contributed by atoms with Crippen molar-refractivity contribution in [2.24, 2.45) is 0 Å². The summed E-state index contributed by atoms with van der Waals surface area (Å²) in [7, 11) is 0. The van der Waals surface area contributed by atoms with Crippen molar-refractivity contribution < 1.29 is 54.1 Å². The van der Waals surface area contributed by atoms with E-state index in [1.807, 2.05) is 0 Å². The molecular weight excluding hydrogens is 468 g/mol. The third kappa shape index (κ3) is 4.65. The smallest absolute Gasteiger partial charge is 0.308 e. The first-order valence-corrected chi connectivity index (χ1v) is 10.4. The quantitative estimate of drug-likeness (QED) is 0.207. The Morgan fingerprint density at radius 2 is 1.71 bits per heavy atom. The standard InChI is InChI=1S/C23H22O12/c1-9(25)32-12-4-2-10(3-5-12)21-22(18(29)16-13(27)6-11(26)7-14(16)33-21)35-23-20(31)19(30)17(28)15(8-24)34-23/h2-7,15,17,19-20,23-24,26-28,30-31H,8H2,1H3/t15-,17-,19-,20-,23-/m1/s1. The lowest BCUT2D eigenvalue weighted by Crippen LogP contribution is -2.60. The lowest BCUT2D eigenvalue weighted by Gasteiger charge is -2.39. The second-order valence-electron chi connectivity index (χ2n) is 7.86. The third-order valence-electron chi connectivity index (χ3n) is 5.38. The largest absolute Gasteiger partial charge is 0.508 e. The average Bonchev–Trinajstić information content (AvgIpc) is 2.80. The fourth-order valence-electron chi connectivity index (χ4n) is 3.69. The van der Waals surface area contributed by atoms with Crippen molar-refractivity contribution in [1.29, 1.82) is 0 Å². The predicted octanol–water partition coefficient (Wildman–Crippen LogP) is -0.0248. The average molecular weight is 490 g/mol. The molecule has 12 nitrogen and oxygen atoms in total. The van der Waals surface area contributed by atoms with Gasteiger partial charge in [-0.15, -0.1) is 0 Å². The maximum atomic E-state index is 13.4. The minimum absolute atomic E-state index is 0.187. The molecule has 0 radical (unpaired) electrons. The molecule has 2 heterocycles. The van der Waals surface area contributed by atoms with Gasteiger partial charge in [-0.25, -0.2) is 0 Å². The van der Waals surface area contributed by atoms with Gasteiger partial charge >= 0.3 is 5.97 Å². The summed E-state index contributed by atoms with van der Waals surface area (Å²) in [5.74, 6) is -2.08. The van der Waals surface area contributed by atoms with Gasteiger partial charge in [-0.3, -0.25) is 9.59 Å². The van der Waals surface area contributed by atoms with Gasteiger partial charge in [0, 0.05) is 24.6 Å². The predicted molar refractivity (Wildman–Crippen MR) is 117 cm³/mol. The summed E-state index contributed by atoms with van der Waals surface area (Å²) in [6, 6.07) is 7.72. The molecule has 0 amide bonds. The van der Waals surface area contributed by atoms with E-state index in [1.54, 1.807) is 0 Å². The summed E-state index contributed by atoms with van der Waals surface area (Å²) in [6.07, 6.45) is -8.26. The highest BCUT2D eigenvalue weighted by molar-refractivity contribution is 5.88. The van der Waals surface area contributed by atoms with E-state index in [4.69, 9.17) is 18.6 Å². The molecule has 1 saturated heterocycles. The summed E-state index contributed by atoms with van der Waals surface area (Å²) in [4.78, 5) is 24.5. The number of fused-ring (bicyclic) bond motifs is 1. The van der Waals surface area contributed by atoms with Gasteiger partial charge in [-0.05, 0) is 24.3 Å². The van der Waals surface area contributed by atoms with Crippen molar-refractivity contribution in [2.75, 3.05) is 6.61 Å². The number of hydrogen-bond donors (Lipinski definition) is 6. The zero-order valence-corrected chi connectivity index (χ0v) is 18.2. The molecule has 0 saturated carbocycles. The first-order chi connectivity index (χ1) is 16.6. The molecule has 1 aliphatic rings. The highest BCUT2D eigenvalue weighted by Crippen LogP contribution is 2.37. The molecule has 35 heavy (non-hydrogen) atoms. The Hall–Kier alpha value is -3.68. The van der Waals surface area contributed by atoms with Crippen LogP contribution >= 0.6 is 0 Å². The molecule has 3 aromatic rings. The number of phenolic OH excluding ortho intramolecular Hbond substituents is 2. The lowest BCUT2D eigenvalue weighted by molar-refractivity contribution is -0.277.